The van der Waals surface area contributed by atoms with Crippen molar-refractivity contribution in [2.75, 3.05) is 5.32 Å². The van der Waals surface area contributed by atoms with Crippen molar-refractivity contribution in [2.24, 2.45) is 4.99 Å². The highest BCUT2D eigenvalue weighted by atomic mass is 35.5. The summed E-state index contributed by atoms with van der Waals surface area (Å²) in [5.41, 5.74) is 3.85. The van der Waals surface area contributed by atoms with Crippen LogP contribution in [0.5, 0.6) is 11.5 Å². The number of aliphatic imine (C=N–C) groups is 1. The molecule has 1 aliphatic heterocycles. The summed E-state index contributed by atoms with van der Waals surface area (Å²) in [5, 5.41) is 3.78. The Morgan fingerprint density at radius 3 is 2.92 bits per heavy atom. The van der Waals surface area contributed by atoms with Crippen molar-refractivity contribution in [3.05, 3.63) is 76.8 Å². The minimum absolute atomic E-state index is 0.506. The zero-order valence-electron chi connectivity index (χ0n) is 13.5. The fourth-order valence-corrected chi connectivity index (χ4v) is 2.84. The average Bonchev–Trinajstić information content (AvgIpc) is 3.01. The van der Waals surface area contributed by atoms with Crippen LogP contribution in [-0.2, 0) is 6.54 Å². The predicted octanol–water partition coefficient (Wildman–Crippen LogP) is 4.60. The van der Waals surface area contributed by atoms with Gasteiger partial charge in [-0.15, -0.1) is 0 Å². The maximum absolute atomic E-state index is 6.36. The van der Waals surface area contributed by atoms with E-state index in [0.29, 0.717) is 23.1 Å². The third-order valence-electron chi connectivity index (χ3n) is 3.80. The van der Waals surface area contributed by atoms with E-state index in [1.165, 1.54) is 0 Å². The topological polar surface area (TPSA) is 59.4 Å². The quantitative estimate of drug-likeness (QED) is 0.749. The first-order valence-corrected chi connectivity index (χ1v) is 8.21. The maximum Gasteiger partial charge on any atom is 0.152 e. The zero-order valence-corrected chi connectivity index (χ0v) is 14.3. The molecule has 25 heavy (non-hydrogen) atoms. The summed E-state index contributed by atoms with van der Waals surface area (Å²) in [6.45, 7) is 2.60. The van der Waals surface area contributed by atoms with Gasteiger partial charge in [-0.1, -0.05) is 17.7 Å². The van der Waals surface area contributed by atoms with Gasteiger partial charge in [0, 0.05) is 23.6 Å². The van der Waals surface area contributed by atoms with Crippen LogP contribution < -0.4 is 10.1 Å². The second kappa shape index (κ2) is 6.53. The predicted molar refractivity (Wildman–Crippen MR) is 98.6 cm³/mol. The van der Waals surface area contributed by atoms with E-state index >= 15 is 0 Å². The van der Waals surface area contributed by atoms with Gasteiger partial charge in [0.05, 0.1) is 17.8 Å². The van der Waals surface area contributed by atoms with Gasteiger partial charge in [0.2, 0.25) is 0 Å². The van der Waals surface area contributed by atoms with Crippen LogP contribution in [0.25, 0.3) is 0 Å². The summed E-state index contributed by atoms with van der Waals surface area (Å²) >= 11 is 6.36. The van der Waals surface area contributed by atoms with Gasteiger partial charge < -0.3 is 10.1 Å². The SMILES string of the molecule is Cc1cncc(Oc2ccc(NC3=NCc4cccnc43)cc2Cl)c1. The number of hydrogen-bond acceptors (Lipinski definition) is 5. The van der Waals surface area contributed by atoms with Gasteiger partial charge in [-0.2, -0.15) is 0 Å². The molecule has 2 aromatic heterocycles. The Hall–Kier alpha value is -2.92. The smallest absolute Gasteiger partial charge is 0.152 e. The number of ether oxygens (including phenoxy) is 1. The van der Waals surface area contributed by atoms with Crippen molar-refractivity contribution < 1.29 is 4.74 Å². The number of fused-ring (bicyclic) bond motifs is 1. The highest BCUT2D eigenvalue weighted by Gasteiger charge is 2.17. The first kappa shape index (κ1) is 15.6. The molecule has 4 rings (SSSR count). The lowest BCUT2D eigenvalue weighted by Crippen LogP contribution is -2.13. The van der Waals surface area contributed by atoms with E-state index in [4.69, 9.17) is 16.3 Å². The van der Waals surface area contributed by atoms with Crippen LogP contribution >= 0.6 is 11.6 Å². The van der Waals surface area contributed by atoms with Gasteiger partial charge in [0.15, 0.2) is 5.84 Å². The number of hydrogen-bond donors (Lipinski definition) is 1. The lowest BCUT2D eigenvalue weighted by molar-refractivity contribution is 0.480. The molecule has 1 aromatic carbocycles. The van der Waals surface area contributed by atoms with Crippen LogP contribution in [0.1, 0.15) is 16.8 Å². The number of rotatable bonds is 3. The summed E-state index contributed by atoms with van der Waals surface area (Å²) < 4.78 is 5.81. The summed E-state index contributed by atoms with van der Waals surface area (Å²) in [6.07, 6.45) is 5.20. The fraction of sp³-hybridized carbons (Fsp3) is 0.105. The van der Waals surface area contributed by atoms with E-state index in [1.807, 2.05) is 43.3 Å². The van der Waals surface area contributed by atoms with Crippen molar-refractivity contribution in [3.8, 4) is 11.5 Å². The monoisotopic (exact) mass is 350 g/mol. The molecule has 0 saturated heterocycles. The van der Waals surface area contributed by atoms with E-state index in [-0.39, 0.29) is 0 Å². The number of amidine groups is 1. The molecule has 3 heterocycles. The summed E-state index contributed by atoms with van der Waals surface area (Å²) in [5.74, 6) is 1.98. The minimum Gasteiger partial charge on any atom is -0.454 e. The van der Waals surface area contributed by atoms with Crippen molar-refractivity contribution in [1.29, 1.82) is 0 Å². The first-order chi connectivity index (χ1) is 12.2. The van der Waals surface area contributed by atoms with Crippen LogP contribution in [-0.4, -0.2) is 15.8 Å². The van der Waals surface area contributed by atoms with Gasteiger partial charge >= 0.3 is 0 Å². The van der Waals surface area contributed by atoms with Crippen LogP contribution in [0.15, 0.2) is 60.0 Å². The van der Waals surface area contributed by atoms with E-state index in [0.717, 1.165) is 28.3 Å². The molecule has 0 fully saturated rings. The average molecular weight is 351 g/mol. The molecular formula is C19H15ClN4O. The van der Waals surface area contributed by atoms with Gasteiger partial charge in [-0.25, -0.2) is 0 Å². The fourth-order valence-electron chi connectivity index (χ4n) is 2.63. The van der Waals surface area contributed by atoms with Gasteiger partial charge in [0.25, 0.3) is 0 Å². The van der Waals surface area contributed by atoms with Gasteiger partial charge in [0.1, 0.15) is 17.2 Å². The van der Waals surface area contributed by atoms with Gasteiger partial charge in [-0.3, -0.25) is 15.0 Å². The largest absolute Gasteiger partial charge is 0.454 e. The van der Waals surface area contributed by atoms with Crippen molar-refractivity contribution in [1.82, 2.24) is 9.97 Å². The molecule has 0 bridgehead atoms. The van der Waals surface area contributed by atoms with Gasteiger partial charge in [-0.05, 0) is 42.8 Å². The molecule has 3 aromatic rings. The number of benzene rings is 1. The number of nitrogens with one attached hydrogen (secondary N) is 1. The van der Waals surface area contributed by atoms with Crippen LogP contribution in [0.3, 0.4) is 0 Å². The van der Waals surface area contributed by atoms with E-state index in [1.54, 1.807) is 18.6 Å². The molecular weight excluding hydrogens is 336 g/mol. The Balaban J connectivity index is 1.53. The van der Waals surface area contributed by atoms with Crippen LogP contribution in [0.4, 0.5) is 5.69 Å². The molecule has 0 radical (unpaired) electrons. The summed E-state index contributed by atoms with van der Waals surface area (Å²) in [7, 11) is 0. The highest BCUT2D eigenvalue weighted by molar-refractivity contribution is 6.32. The molecule has 1 aliphatic rings. The molecule has 0 spiro atoms. The first-order valence-electron chi connectivity index (χ1n) is 7.84. The lowest BCUT2D eigenvalue weighted by atomic mass is 10.2. The molecule has 0 amide bonds. The number of aromatic nitrogens is 2. The second-order valence-electron chi connectivity index (χ2n) is 5.75. The Labute approximate surface area is 150 Å². The molecule has 1 N–H and O–H groups in total. The molecule has 124 valence electrons. The molecule has 5 nitrogen and oxygen atoms in total. The Morgan fingerprint density at radius 2 is 2.08 bits per heavy atom. The Kier molecular flexibility index (Phi) is 4.07. The zero-order chi connectivity index (χ0) is 17.2. The molecule has 0 aliphatic carbocycles. The normalized spacial score (nSPS) is 12.5. The maximum atomic E-state index is 6.36. The van der Waals surface area contributed by atoms with E-state index in [2.05, 4.69) is 20.3 Å². The van der Waals surface area contributed by atoms with E-state index in [9.17, 15) is 0 Å². The van der Waals surface area contributed by atoms with Crippen LogP contribution in [0, 0.1) is 6.92 Å². The molecule has 0 unspecified atom stereocenters. The molecule has 0 atom stereocenters. The molecule has 6 heteroatoms. The number of halogens is 1. The summed E-state index contributed by atoms with van der Waals surface area (Å²) in [4.78, 5) is 13.0. The summed E-state index contributed by atoms with van der Waals surface area (Å²) in [6, 6.07) is 11.4. The van der Waals surface area contributed by atoms with Crippen LogP contribution in [0.2, 0.25) is 5.02 Å². The Bertz CT molecular complexity index is 971. The molecule has 0 saturated carbocycles. The van der Waals surface area contributed by atoms with Crippen molar-refractivity contribution >= 4 is 23.1 Å². The number of anilines is 1. The lowest BCUT2D eigenvalue weighted by Gasteiger charge is -2.11. The third-order valence-corrected chi connectivity index (χ3v) is 4.09. The van der Waals surface area contributed by atoms with Crippen molar-refractivity contribution in [2.45, 2.75) is 13.5 Å². The van der Waals surface area contributed by atoms with Crippen molar-refractivity contribution in [3.63, 3.8) is 0 Å². The number of pyridine rings is 2. The number of nitrogens with zero attached hydrogens (tertiary/aromatic N) is 3. The highest BCUT2D eigenvalue weighted by Crippen LogP contribution is 2.32. The van der Waals surface area contributed by atoms with E-state index < -0.39 is 0 Å². The standard InChI is InChI=1S/C19H15ClN4O/c1-12-7-15(11-21-9-12)25-17-5-4-14(8-16(17)20)24-19-18-13(10-23-19)3-2-6-22-18/h2-9,11H,10H2,1H3,(H,23,24). The minimum atomic E-state index is 0.506. The third kappa shape index (κ3) is 3.32. The Morgan fingerprint density at radius 1 is 1.16 bits per heavy atom. The second-order valence-corrected chi connectivity index (χ2v) is 6.15. The number of aryl methyl sites for hydroxylation is 1.